The Balaban J connectivity index is 1.77. The summed E-state index contributed by atoms with van der Waals surface area (Å²) in [6.45, 7) is 1.78. The lowest BCUT2D eigenvalue weighted by atomic mass is 9.82. The number of ether oxygens (including phenoxy) is 3. The zero-order valence-electron chi connectivity index (χ0n) is 15.1. The summed E-state index contributed by atoms with van der Waals surface area (Å²) in [6.07, 6.45) is 0. The first-order valence-electron chi connectivity index (χ1n) is 8.62. The van der Waals surface area contributed by atoms with Crippen LogP contribution in [-0.4, -0.2) is 12.7 Å². The molecule has 2 aromatic carbocycles. The molecule has 0 fully saturated rings. The topological polar surface area (TPSA) is 107 Å². The molecule has 1 atom stereocenters. The van der Waals surface area contributed by atoms with Gasteiger partial charge in [-0.25, -0.2) is 0 Å². The summed E-state index contributed by atoms with van der Waals surface area (Å²) in [6, 6.07) is 16.4. The molecule has 0 spiro atoms. The molecule has 2 aromatic rings. The molecule has 140 valence electrons. The molecule has 0 saturated carbocycles. The van der Waals surface area contributed by atoms with Crippen LogP contribution in [0, 0.1) is 11.3 Å². The minimum absolute atomic E-state index is 0.0149. The van der Waals surface area contributed by atoms with Crippen molar-refractivity contribution in [3.05, 3.63) is 76.9 Å². The Morgan fingerprint density at radius 3 is 2.68 bits per heavy atom. The molecule has 2 aliphatic rings. The van der Waals surface area contributed by atoms with Crippen LogP contribution in [0.3, 0.4) is 0 Å². The summed E-state index contributed by atoms with van der Waals surface area (Å²) in [5.74, 6) is 0.442. The van der Waals surface area contributed by atoms with Gasteiger partial charge in [-0.15, -0.1) is 0 Å². The average Bonchev–Trinajstić information content (AvgIpc) is 3.16. The predicted molar refractivity (Wildman–Crippen MR) is 101 cm³/mol. The van der Waals surface area contributed by atoms with Crippen LogP contribution in [0.1, 0.15) is 18.4 Å². The van der Waals surface area contributed by atoms with Gasteiger partial charge in [-0.2, -0.15) is 5.26 Å². The highest BCUT2D eigenvalue weighted by Gasteiger charge is 2.36. The van der Waals surface area contributed by atoms with Crippen LogP contribution in [0.15, 0.2) is 71.3 Å². The molecule has 0 unspecified atom stereocenters. The first-order valence-corrected chi connectivity index (χ1v) is 8.62. The molecule has 7 heteroatoms. The smallest absolute Gasteiger partial charge is 0.255 e. The number of rotatable bonds is 3. The maximum atomic E-state index is 13.1. The van der Waals surface area contributed by atoms with Crippen LogP contribution in [0.4, 0.5) is 5.69 Å². The number of nitrogens with one attached hydrogen (secondary N) is 1. The van der Waals surface area contributed by atoms with Gasteiger partial charge in [0.15, 0.2) is 11.5 Å². The Hall–Kier alpha value is -3.92. The Morgan fingerprint density at radius 2 is 1.93 bits per heavy atom. The molecule has 0 radical (unpaired) electrons. The zero-order chi connectivity index (χ0) is 19.7. The maximum Gasteiger partial charge on any atom is 0.255 e. The molecule has 4 rings (SSSR count). The number of nitriles is 1. The molecule has 2 aliphatic heterocycles. The van der Waals surface area contributed by atoms with Crippen LogP contribution in [0.25, 0.3) is 0 Å². The van der Waals surface area contributed by atoms with Crippen LogP contribution >= 0.6 is 0 Å². The summed E-state index contributed by atoms with van der Waals surface area (Å²) in [4.78, 5) is 13.1. The number of carbonyl (C=O) groups excluding carboxylic acids is 1. The molecule has 7 nitrogen and oxygen atoms in total. The van der Waals surface area contributed by atoms with Crippen molar-refractivity contribution in [3.63, 3.8) is 0 Å². The van der Waals surface area contributed by atoms with E-state index in [4.69, 9.17) is 19.9 Å². The second-order valence-electron chi connectivity index (χ2n) is 6.33. The third kappa shape index (κ3) is 3.01. The number of carbonyl (C=O) groups is 1. The van der Waals surface area contributed by atoms with Crippen LogP contribution in [0.2, 0.25) is 0 Å². The van der Waals surface area contributed by atoms with E-state index in [1.807, 2.05) is 18.2 Å². The summed E-state index contributed by atoms with van der Waals surface area (Å²) >= 11 is 0. The van der Waals surface area contributed by atoms with Crippen molar-refractivity contribution in [3.8, 4) is 17.6 Å². The Kier molecular flexibility index (Phi) is 4.38. The number of allylic oxidation sites excluding steroid dienone is 2. The molecule has 0 aromatic heterocycles. The van der Waals surface area contributed by atoms with Gasteiger partial charge < -0.3 is 25.3 Å². The van der Waals surface area contributed by atoms with Gasteiger partial charge in [-0.3, -0.25) is 4.79 Å². The van der Waals surface area contributed by atoms with Gasteiger partial charge in [0.2, 0.25) is 12.7 Å². The first kappa shape index (κ1) is 17.5. The van der Waals surface area contributed by atoms with Crippen molar-refractivity contribution < 1.29 is 19.0 Å². The van der Waals surface area contributed by atoms with Gasteiger partial charge in [0.25, 0.3) is 5.91 Å². The van der Waals surface area contributed by atoms with E-state index in [1.54, 1.807) is 37.3 Å². The molecular formula is C21H17N3O4. The minimum Gasteiger partial charge on any atom is -0.454 e. The Labute approximate surface area is 161 Å². The number of hydrogen-bond acceptors (Lipinski definition) is 6. The number of nitrogens with two attached hydrogens (primary N) is 1. The third-order valence-corrected chi connectivity index (χ3v) is 4.61. The lowest BCUT2D eigenvalue weighted by Gasteiger charge is -2.27. The number of benzene rings is 2. The van der Waals surface area contributed by atoms with Gasteiger partial charge in [0.05, 0.1) is 11.5 Å². The van der Waals surface area contributed by atoms with Gasteiger partial charge in [0, 0.05) is 5.69 Å². The van der Waals surface area contributed by atoms with Crippen molar-refractivity contribution in [2.75, 3.05) is 12.1 Å². The quantitative estimate of drug-likeness (QED) is 0.854. The van der Waals surface area contributed by atoms with Crippen molar-refractivity contribution in [1.82, 2.24) is 0 Å². The van der Waals surface area contributed by atoms with Gasteiger partial charge >= 0.3 is 0 Å². The molecule has 3 N–H and O–H groups in total. The molecule has 28 heavy (non-hydrogen) atoms. The van der Waals surface area contributed by atoms with Gasteiger partial charge in [-0.1, -0.05) is 24.3 Å². The van der Waals surface area contributed by atoms with E-state index in [0.717, 1.165) is 0 Å². The fraction of sp³-hybridized carbons (Fsp3) is 0.143. The highest BCUT2D eigenvalue weighted by atomic mass is 16.7. The van der Waals surface area contributed by atoms with Crippen LogP contribution < -0.4 is 20.5 Å². The first-order chi connectivity index (χ1) is 13.6. The number of anilines is 1. The second kappa shape index (κ2) is 7.00. The minimum atomic E-state index is -0.683. The van der Waals surface area contributed by atoms with E-state index in [0.29, 0.717) is 34.1 Å². The van der Waals surface area contributed by atoms with E-state index >= 15 is 0 Å². The average molecular weight is 375 g/mol. The van der Waals surface area contributed by atoms with Crippen molar-refractivity contribution in [2.45, 2.75) is 12.8 Å². The molecule has 0 bridgehead atoms. The predicted octanol–water partition coefficient (Wildman–Crippen LogP) is 3.14. The normalized spacial score (nSPS) is 17.8. The fourth-order valence-electron chi connectivity index (χ4n) is 3.32. The largest absolute Gasteiger partial charge is 0.454 e. The van der Waals surface area contributed by atoms with Crippen molar-refractivity contribution >= 4 is 11.6 Å². The number of fused-ring (bicyclic) bond motifs is 1. The molecule has 2 heterocycles. The standard InChI is InChI=1S/C21H17N3O4/c1-12-18(21(25)24-14-5-3-2-4-6-14)19(15(10-22)20(23)28-12)13-7-8-16-17(9-13)27-11-26-16/h2-9,19H,11,23H2,1H3,(H,24,25)/t19-/m0/s1. The van der Waals surface area contributed by atoms with Crippen molar-refractivity contribution in [2.24, 2.45) is 5.73 Å². The van der Waals surface area contributed by atoms with E-state index in [2.05, 4.69) is 11.4 Å². The summed E-state index contributed by atoms with van der Waals surface area (Å²) in [7, 11) is 0. The summed E-state index contributed by atoms with van der Waals surface area (Å²) in [5.41, 5.74) is 7.75. The number of hydrogen-bond donors (Lipinski definition) is 2. The summed E-state index contributed by atoms with van der Waals surface area (Å²) < 4.78 is 16.3. The molecular weight excluding hydrogens is 358 g/mol. The lowest BCUT2D eigenvalue weighted by Crippen LogP contribution is -2.27. The highest BCUT2D eigenvalue weighted by Crippen LogP contribution is 2.43. The van der Waals surface area contributed by atoms with Gasteiger partial charge in [0.1, 0.15) is 17.4 Å². The second-order valence-corrected chi connectivity index (χ2v) is 6.33. The highest BCUT2D eigenvalue weighted by molar-refractivity contribution is 6.06. The Bertz CT molecular complexity index is 1050. The van der Waals surface area contributed by atoms with Gasteiger partial charge in [-0.05, 0) is 36.8 Å². The SMILES string of the molecule is CC1=C(C(=O)Nc2ccccc2)[C@@H](c2ccc3c(c2)OCO3)C(C#N)=C(N)O1. The van der Waals surface area contributed by atoms with Crippen molar-refractivity contribution in [1.29, 1.82) is 5.26 Å². The zero-order valence-corrected chi connectivity index (χ0v) is 15.1. The van der Waals surface area contributed by atoms with Crippen LogP contribution in [0.5, 0.6) is 11.5 Å². The summed E-state index contributed by atoms with van der Waals surface area (Å²) in [5, 5.41) is 12.5. The lowest BCUT2D eigenvalue weighted by molar-refractivity contribution is -0.113. The fourth-order valence-corrected chi connectivity index (χ4v) is 3.32. The van der Waals surface area contributed by atoms with E-state index in [-0.39, 0.29) is 24.2 Å². The number of nitrogens with zero attached hydrogens (tertiary/aromatic N) is 1. The number of amides is 1. The molecule has 0 aliphatic carbocycles. The van der Waals surface area contributed by atoms with E-state index < -0.39 is 5.92 Å². The van der Waals surface area contributed by atoms with E-state index in [9.17, 15) is 10.1 Å². The van der Waals surface area contributed by atoms with E-state index in [1.165, 1.54) is 0 Å². The maximum absolute atomic E-state index is 13.1. The molecule has 1 amide bonds. The number of para-hydroxylation sites is 1. The van der Waals surface area contributed by atoms with Crippen LogP contribution in [-0.2, 0) is 9.53 Å². The molecule has 0 saturated heterocycles. The third-order valence-electron chi connectivity index (χ3n) is 4.61. The monoisotopic (exact) mass is 375 g/mol. The Morgan fingerprint density at radius 1 is 1.18 bits per heavy atom.